The van der Waals surface area contributed by atoms with Crippen molar-refractivity contribution in [2.24, 2.45) is 0 Å². The Labute approximate surface area is 129 Å². The molecule has 5 heteroatoms. The van der Waals surface area contributed by atoms with Crippen LogP contribution < -0.4 is 0 Å². The highest BCUT2D eigenvalue weighted by Crippen LogP contribution is 2.29. The third-order valence-corrected chi connectivity index (χ3v) is 5.14. The second-order valence-electron chi connectivity index (χ2n) is 5.52. The van der Waals surface area contributed by atoms with Gasteiger partial charge in [-0.25, -0.2) is 0 Å². The Morgan fingerprint density at radius 3 is 2.90 bits per heavy atom. The Morgan fingerprint density at radius 1 is 1.24 bits per heavy atom. The van der Waals surface area contributed by atoms with E-state index in [2.05, 4.69) is 10.1 Å². The molecule has 1 heterocycles. The zero-order valence-electron chi connectivity index (χ0n) is 12.0. The van der Waals surface area contributed by atoms with Gasteiger partial charge < -0.3 is 9.63 Å². The summed E-state index contributed by atoms with van der Waals surface area (Å²) >= 11 is 1.95. The first-order valence-electron chi connectivity index (χ1n) is 7.50. The number of aromatic hydroxyl groups is 1. The van der Waals surface area contributed by atoms with Crippen molar-refractivity contribution in [3.05, 3.63) is 41.5 Å². The maximum atomic E-state index is 9.45. The van der Waals surface area contributed by atoms with Crippen molar-refractivity contribution in [1.82, 2.24) is 10.1 Å². The van der Waals surface area contributed by atoms with Gasteiger partial charge in [0.25, 0.3) is 0 Å². The summed E-state index contributed by atoms with van der Waals surface area (Å²) in [5, 5.41) is 14.3. The zero-order chi connectivity index (χ0) is 14.5. The summed E-state index contributed by atoms with van der Waals surface area (Å²) < 4.78 is 5.29. The van der Waals surface area contributed by atoms with Gasteiger partial charge in [0.2, 0.25) is 5.89 Å². The molecule has 21 heavy (non-hydrogen) atoms. The van der Waals surface area contributed by atoms with Crippen LogP contribution >= 0.6 is 11.8 Å². The van der Waals surface area contributed by atoms with Crippen LogP contribution in [0.15, 0.2) is 28.8 Å². The Balaban J connectivity index is 1.53. The lowest BCUT2D eigenvalue weighted by Gasteiger charge is -2.19. The van der Waals surface area contributed by atoms with Gasteiger partial charge in [0.05, 0.1) is 12.2 Å². The van der Waals surface area contributed by atoms with Crippen molar-refractivity contribution in [1.29, 1.82) is 0 Å². The number of aromatic nitrogens is 2. The van der Waals surface area contributed by atoms with Gasteiger partial charge in [-0.1, -0.05) is 36.6 Å². The van der Waals surface area contributed by atoms with Gasteiger partial charge in [0, 0.05) is 5.25 Å². The van der Waals surface area contributed by atoms with Crippen LogP contribution in [0.2, 0.25) is 0 Å². The standard InChI is InChI=1S/C16H20N2O2S/c19-13-6-4-5-12(9-13)10-16-17-15(18-20-16)11-21-14-7-2-1-3-8-14/h4-6,9,14,19H,1-3,7-8,10-11H2. The maximum Gasteiger partial charge on any atom is 0.231 e. The summed E-state index contributed by atoms with van der Waals surface area (Å²) in [7, 11) is 0. The van der Waals surface area contributed by atoms with E-state index in [0.29, 0.717) is 12.3 Å². The minimum absolute atomic E-state index is 0.264. The third-order valence-electron chi connectivity index (χ3n) is 3.78. The molecule has 4 nitrogen and oxygen atoms in total. The molecule has 1 aromatic carbocycles. The smallest absolute Gasteiger partial charge is 0.231 e. The molecule has 1 fully saturated rings. The number of phenols is 1. The number of thioether (sulfide) groups is 1. The second-order valence-corrected chi connectivity index (χ2v) is 6.81. The van der Waals surface area contributed by atoms with Crippen LogP contribution in [0.4, 0.5) is 0 Å². The number of benzene rings is 1. The molecule has 0 aliphatic heterocycles. The van der Waals surface area contributed by atoms with E-state index >= 15 is 0 Å². The van der Waals surface area contributed by atoms with E-state index in [9.17, 15) is 5.11 Å². The van der Waals surface area contributed by atoms with Crippen molar-refractivity contribution in [3.63, 3.8) is 0 Å². The van der Waals surface area contributed by atoms with E-state index in [1.807, 2.05) is 23.9 Å². The van der Waals surface area contributed by atoms with Crippen LogP contribution in [0, 0.1) is 0 Å². The van der Waals surface area contributed by atoms with Crippen molar-refractivity contribution in [2.45, 2.75) is 49.5 Å². The summed E-state index contributed by atoms with van der Waals surface area (Å²) in [6.07, 6.45) is 7.29. The van der Waals surface area contributed by atoms with Gasteiger partial charge in [-0.05, 0) is 30.5 Å². The van der Waals surface area contributed by atoms with Crippen molar-refractivity contribution in [3.8, 4) is 5.75 Å². The third kappa shape index (κ3) is 4.24. The molecule has 1 aliphatic rings. The molecule has 0 bridgehead atoms. The molecule has 0 atom stereocenters. The first kappa shape index (κ1) is 14.4. The SMILES string of the molecule is Oc1cccc(Cc2nc(CSC3CCCCC3)no2)c1. The molecule has 1 N–H and O–H groups in total. The second kappa shape index (κ2) is 6.98. The maximum absolute atomic E-state index is 9.45. The van der Waals surface area contributed by atoms with E-state index in [0.717, 1.165) is 22.4 Å². The zero-order valence-corrected chi connectivity index (χ0v) is 12.8. The summed E-state index contributed by atoms with van der Waals surface area (Å²) in [6.45, 7) is 0. The van der Waals surface area contributed by atoms with E-state index in [4.69, 9.17) is 4.52 Å². The normalized spacial score (nSPS) is 16.2. The molecule has 2 aromatic rings. The summed E-state index contributed by atoms with van der Waals surface area (Å²) in [4.78, 5) is 4.44. The minimum Gasteiger partial charge on any atom is -0.508 e. The van der Waals surface area contributed by atoms with E-state index in [-0.39, 0.29) is 5.75 Å². The Bertz CT molecular complexity index is 579. The number of nitrogens with zero attached hydrogens (tertiary/aromatic N) is 2. The monoisotopic (exact) mass is 304 g/mol. The van der Waals surface area contributed by atoms with Crippen molar-refractivity contribution < 1.29 is 9.63 Å². The molecule has 1 saturated carbocycles. The highest BCUT2D eigenvalue weighted by molar-refractivity contribution is 7.99. The van der Waals surface area contributed by atoms with Gasteiger partial charge in [-0.2, -0.15) is 16.7 Å². The fourth-order valence-corrected chi connectivity index (χ4v) is 3.85. The lowest BCUT2D eigenvalue weighted by atomic mass is 10.0. The van der Waals surface area contributed by atoms with Crippen molar-refractivity contribution >= 4 is 11.8 Å². The Morgan fingerprint density at radius 2 is 2.10 bits per heavy atom. The van der Waals surface area contributed by atoms with Crippen LogP contribution in [0.1, 0.15) is 49.4 Å². The fraction of sp³-hybridized carbons (Fsp3) is 0.500. The summed E-state index contributed by atoms with van der Waals surface area (Å²) in [5.41, 5.74) is 0.977. The highest BCUT2D eigenvalue weighted by Gasteiger charge is 2.15. The van der Waals surface area contributed by atoms with E-state index in [1.165, 1.54) is 32.1 Å². The highest BCUT2D eigenvalue weighted by atomic mass is 32.2. The van der Waals surface area contributed by atoms with Gasteiger partial charge in [0.1, 0.15) is 5.75 Å². The van der Waals surface area contributed by atoms with Gasteiger partial charge >= 0.3 is 0 Å². The molecule has 1 aliphatic carbocycles. The number of hydrogen-bond donors (Lipinski definition) is 1. The first-order chi connectivity index (χ1) is 10.3. The minimum atomic E-state index is 0.264. The topological polar surface area (TPSA) is 59.2 Å². The average Bonchev–Trinajstić information content (AvgIpc) is 2.94. The van der Waals surface area contributed by atoms with Crippen LogP contribution in [0.25, 0.3) is 0 Å². The predicted octanol–water partition coefficient (Wildman–Crippen LogP) is 3.93. The van der Waals surface area contributed by atoms with Crippen LogP contribution in [-0.2, 0) is 12.2 Å². The predicted molar refractivity (Wildman–Crippen MR) is 83.4 cm³/mol. The van der Waals surface area contributed by atoms with Crippen LogP contribution in [-0.4, -0.2) is 20.5 Å². The van der Waals surface area contributed by atoms with Gasteiger partial charge in [-0.15, -0.1) is 0 Å². The summed E-state index contributed by atoms with van der Waals surface area (Å²) in [6, 6.07) is 7.14. The Hall–Kier alpha value is -1.49. The molecule has 0 spiro atoms. The first-order valence-corrected chi connectivity index (χ1v) is 8.55. The van der Waals surface area contributed by atoms with Gasteiger partial charge in [0.15, 0.2) is 5.82 Å². The lowest BCUT2D eigenvalue weighted by Crippen LogP contribution is -2.08. The molecule has 112 valence electrons. The summed E-state index contributed by atoms with van der Waals surface area (Å²) in [5.74, 6) is 2.48. The molecule has 0 radical (unpaired) electrons. The fourth-order valence-electron chi connectivity index (χ4n) is 2.69. The molecular weight excluding hydrogens is 284 g/mol. The number of hydrogen-bond acceptors (Lipinski definition) is 5. The molecule has 0 saturated heterocycles. The molecule has 0 amide bonds. The average molecular weight is 304 g/mol. The van der Waals surface area contributed by atoms with E-state index < -0.39 is 0 Å². The lowest BCUT2D eigenvalue weighted by molar-refractivity contribution is 0.380. The largest absolute Gasteiger partial charge is 0.508 e. The van der Waals surface area contributed by atoms with Crippen LogP contribution in [0.5, 0.6) is 5.75 Å². The van der Waals surface area contributed by atoms with Crippen LogP contribution in [0.3, 0.4) is 0 Å². The van der Waals surface area contributed by atoms with Gasteiger partial charge in [-0.3, -0.25) is 0 Å². The molecule has 3 rings (SSSR count). The quantitative estimate of drug-likeness (QED) is 0.907. The number of phenolic OH excluding ortho intramolecular Hbond substituents is 1. The Kier molecular flexibility index (Phi) is 4.80. The molecular formula is C16H20N2O2S. The van der Waals surface area contributed by atoms with Crippen molar-refractivity contribution in [2.75, 3.05) is 0 Å². The molecule has 0 unspecified atom stereocenters. The van der Waals surface area contributed by atoms with E-state index in [1.54, 1.807) is 12.1 Å². The number of rotatable bonds is 5. The molecule has 1 aromatic heterocycles.